The number of rotatable bonds is 7. The molecule has 2 rings (SSSR count). The predicted octanol–water partition coefficient (Wildman–Crippen LogP) is 2.36. The molecule has 19 heavy (non-hydrogen) atoms. The standard InChI is InChI=1S/C15H27N3O/c1-3-14-8-15(18(4-2)17-14)11-19-10-13-7-5-6-12(13)9-16/h8,12-13H,3-7,9-11,16H2,1-2H3. The molecule has 1 saturated carbocycles. The van der Waals surface area contributed by atoms with Gasteiger partial charge in [0.15, 0.2) is 0 Å². The Balaban J connectivity index is 1.83. The SMILES string of the molecule is CCc1cc(COCC2CCCC2CN)n(CC)n1. The van der Waals surface area contributed by atoms with E-state index in [1.807, 2.05) is 4.68 Å². The Hall–Kier alpha value is -0.870. The van der Waals surface area contributed by atoms with Crippen molar-refractivity contribution in [3.63, 3.8) is 0 Å². The Morgan fingerprint density at radius 2 is 2.16 bits per heavy atom. The molecule has 0 aliphatic heterocycles. The summed E-state index contributed by atoms with van der Waals surface area (Å²) >= 11 is 0. The molecule has 2 atom stereocenters. The summed E-state index contributed by atoms with van der Waals surface area (Å²) < 4.78 is 7.97. The van der Waals surface area contributed by atoms with E-state index < -0.39 is 0 Å². The molecular formula is C15H27N3O. The third-order valence-electron chi connectivity index (χ3n) is 4.28. The van der Waals surface area contributed by atoms with Crippen LogP contribution in [0.25, 0.3) is 0 Å². The summed E-state index contributed by atoms with van der Waals surface area (Å²) in [5.74, 6) is 1.33. The van der Waals surface area contributed by atoms with Gasteiger partial charge in [0.05, 0.1) is 24.6 Å². The highest BCUT2D eigenvalue weighted by Crippen LogP contribution is 2.31. The van der Waals surface area contributed by atoms with Crippen molar-refractivity contribution in [3.05, 3.63) is 17.5 Å². The van der Waals surface area contributed by atoms with E-state index in [2.05, 4.69) is 25.0 Å². The predicted molar refractivity (Wildman–Crippen MR) is 76.8 cm³/mol. The van der Waals surface area contributed by atoms with Crippen LogP contribution < -0.4 is 5.73 Å². The second kappa shape index (κ2) is 7.06. The van der Waals surface area contributed by atoms with Crippen LogP contribution in [0.5, 0.6) is 0 Å². The van der Waals surface area contributed by atoms with Crippen LogP contribution in [-0.2, 0) is 24.3 Å². The molecule has 2 unspecified atom stereocenters. The van der Waals surface area contributed by atoms with Crippen LogP contribution in [0.3, 0.4) is 0 Å². The van der Waals surface area contributed by atoms with Crippen LogP contribution in [0.2, 0.25) is 0 Å². The van der Waals surface area contributed by atoms with Gasteiger partial charge < -0.3 is 10.5 Å². The number of hydrogen-bond acceptors (Lipinski definition) is 3. The zero-order valence-corrected chi connectivity index (χ0v) is 12.3. The maximum atomic E-state index is 5.92. The number of aryl methyl sites for hydroxylation is 2. The molecule has 0 spiro atoms. The maximum absolute atomic E-state index is 5.92. The quantitative estimate of drug-likeness (QED) is 0.823. The number of hydrogen-bond donors (Lipinski definition) is 1. The van der Waals surface area contributed by atoms with Crippen molar-refractivity contribution < 1.29 is 4.74 Å². The van der Waals surface area contributed by atoms with Gasteiger partial charge in [-0.1, -0.05) is 13.3 Å². The van der Waals surface area contributed by atoms with Crippen molar-refractivity contribution in [2.75, 3.05) is 13.2 Å². The van der Waals surface area contributed by atoms with Gasteiger partial charge in [-0.3, -0.25) is 4.68 Å². The molecule has 4 heteroatoms. The molecular weight excluding hydrogens is 238 g/mol. The fraction of sp³-hybridized carbons (Fsp3) is 0.800. The minimum Gasteiger partial charge on any atom is -0.375 e. The Morgan fingerprint density at radius 3 is 2.84 bits per heavy atom. The Bertz CT molecular complexity index is 389. The van der Waals surface area contributed by atoms with Gasteiger partial charge in [0, 0.05) is 6.54 Å². The van der Waals surface area contributed by atoms with Crippen molar-refractivity contribution in [1.82, 2.24) is 9.78 Å². The number of aromatic nitrogens is 2. The molecule has 2 N–H and O–H groups in total. The van der Waals surface area contributed by atoms with E-state index in [9.17, 15) is 0 Å². The number of nitrogens with zero attached hydrogens (tertiary/aromatic N) is 2. The van der Waals surface area contributed by atoms with Crippen molar-refractivity contribution in [2.24, 2.45) is 17.6 Å². The zero-order chi connectivity index (χ0) is 13.7. The fourth-order valence-corrected chi connectivity index (χ4v) is 3.04. The van der Waals surface area contributed by atoms with E-state index >= 15 is 0 Å². The van der Waals surface area contributed by atoms with Gasteiger partial charge in [0.2, 0.25) is 0 Å². The van der Waals surface area contributed by atoms with E-state index in [1.54, 1.807) is 0 Å². The Kier molecular flexibility index (Phi) is 5.40. The van der Waals surface area contributed by atoms with Crippen LogP contribution in [0.15, 0.2) is 6.07 Å². The van der Waals surface area contributed by atoms with Crippen LogP contribution in [-0.4, -0.2) is 22.9 Å². The first-order chi connectivity index (χ1) is 9.28. The lowest BCUT2D eigenvalue weighted by atomic mass is 9.97. The van der Waals surface area contributed by atoms with Gasteiger partial charge in [-0.15, -0.1) is 0 Å². The first-order valence-electron chi connectivity index (χ1n) is 7.61. The molecule has 1 heterocycles. The molecule has 1 aromatic heterocycles. The third-order valence-corrected chi connectivity index (χ3v) is 4.28. The highest BCUT2D eigenvalue weighted by Gasteiger charge is 2.26. The van der Waals surface area contributed by atoms with E-state index in [1.165, 1.54) is 25.0 Å². The molecule has 0 radical (unpaired) electrons. The minimum absolute atomic E-state index is 0.661. The summed E-state index contributed by atoms with van der Waals surface area (Å²) in [6.45, 7) is 7.50. The molecule has 0 aromatic carbocycles. The third kappa shape index (κ3) is 3.57. The van der Waals surface area contributed by atoms with E-state index in [0.717, 1.165) is 31.8 Å². The van der Waals surface area contributed by atoms with Gasteiger partial charge in [-0.05, 0) is 50.6 Å². The largest absolute Gasteiger partial charge is 0.375 e. The highest BCUT2D eigenvalue weighted by molar-refractivity contribution is 5.09. The first kappa shape index (κ1) is 14.5. The summed E-state index contributed by atoms with van der Waals surface area (Å²) in [5, 5.41) is 4.55. The average molecular weight is 265 g/mol. The number of ether oxygens (including phenoxy) is 1. The lowest BCUT2D eigenvalue weighted by Gasteiger charge is -2.17. The van der Waals surface area contributed by atoms with Gasteiger partial charge in [0.25, 0.3) is 0 Å². The lowest BCUT2D eigenvalue weighted by molar-refractivity contribution is 0.0712. The molecule has 4 nitrogen and oxygen atoms in total. The first-order valence-corrected chi connectivity index (χ1v) is 7.61. The van der Waals surface area contributed by atoms with Crippen LogP contribution >= 0.6 is 0 Å². The average Bonchev–Trinajstić information content (AvgIpc) is 3.04. The molecule has 0 bridgehead atoms. The minimum atomic E-state index is 0.661. The zero-order valence-electron chi connectivity index (χ0n) is 12.3. The molecule has 108 valence electrons. The summed E-state index contributed by atoms with van der Waals surface area (Å²) in [5.41, 5.74) is 8.15. The summed E-state index contributed by atoms with van der Waals surface area (Å²) in [4.78, 5) is 0. The van der Waals surface area contributed by atoms with E-state index in [0.29, 0.717) is 18.4 Å². The second-order valence-electron chi connectivity index (χ2n) is 5.50. The summed E-state index contributed by atoms with van der Waals surface area (Å²) in [7, 11) is 0. The molecule has 1 fully saturated rings. The van der Waals surface area contributed by atoms with Crippen molar-refractivity contribution in [2.45, 2.75) is 52.7 Å². The van der Waals surface area contributed by atoms with Gasteiger partial charge >= 0.3 is 0 Å². The van der Waals surface area contributed by atoms with Crippen LogP contribution in [0.4, 0.5) is 0 Å². The Morgan fingerprint density at radius 1 is 1.37 bits per heavy atom. The molecule has 0 saturated heterocycles. The van der Waals surface area contributed by atoms with Gasteiger partial charge in [-0.2, -0.15) is 5.10 Å². The second-order valence-corrected chi connectivity index (χ2v) is 5.50. The van der Waals surface area contributed by atoms with Crippen molar-refractivity contribution in [3.8, 4) is 0 Å². The summed E-state index contributed by atoms with van der Waals surface area (Å²) in [6.07, 6.45) is 4.84. The lowest BCUT2D eigenvalue weighted by Crippen LogP contribution is -2.22. The summed E-state index contributed by atoms with van der Waals surface area (Å²) in [6, 6.07) is 2.17. The normalized spacial score (nSPS) is 23.1. The molecule has 1 aliphatic carbocycles. The maximum Gasteiger partial charge on any atom is 0.0884 e. The number of nitrogens with two attached hydrogens (primary N) is 1. The van der Waals surface area contributed by atoms with Gasteiger partial charge in [-0.25, -0.2) is 0 Å². The molecule has 0 amide bonds. The van der Waals surface area contributed by atoms with E-state index in [4.69, 9.17) is 10.5 Å². The molecule has 1 aliphatic rings. The monoisotopic (exact) mass is 265 g/mol. The van der Waals surface area contributed by atoms with Crippen molar-refractivity contribution >= 4 is 0 Å². The van der Waals surface area contributed by atoms with Gasteiger partial charge in [0.1, 0.15) is 0 Å². The van der Waals surface area contributed by atoms with Crippen molar-refractivity contribution in [1.29, 1.82) is 0 Å². The van der Waals surface area contributed by atoms with Crippen LogP contribution in [0, 0.1) is 11.8 Å². The topological polar surface area (TPSA) is 53.1 Å². The Labute approximate surface area is 116 Å². The highest BCUT2D eigenvalue weighted by atomic mass is 16.5. The fourth-order valence-electron chi connectivity index (χ4n) is 3.04. The molecule has 1 aromatic rings. The smallest absolute Gasteiger partial charge is 0.0884 e. The van der Waals surface area contributed by atoms with Crippen LogP contribution in [0.1, 0.15) is 44.5 Å². The van der Waals surface area contributed by atoms with E-state index in [-0.39, 0.29) is 0 Å².